The summed E-state index contributed by atoms with van der Waals surface area (Å²) >= 11 is 1.97. The second kappa shape index (κ2) is 7.02. The van der Waals surface area contributed by atoms with Crippen LogP contribution in [0, 0.1) is 5.82 Å². The van der Waals surface area contributed by atoms with Gasteiger partial charge in [0.1, 0.15) is 5.82 Å². The zero-order chi connectivity index (χ0) is 12.7. The topological polar surface area (TPSA) is 12.0 Å². The predicted molar refractivity (Wildman–Crippen MR) is 75.2 cm³/mol. The van der Waals surface area contributed by atoms with Crippen LogP contribution in [0.15, 0.2) is 24.3 Å². The van der Waals surface area contributed by atoms with Gasteiger partial charge in [0.2, 0.25) is 0 Å². The minimum Gasteiger partial charge on any atom is -0.316 e. The Morgan fingerprint density at radius 3 is 2.35 bits per heavy atom. The Morgan fingerprint density at radius 1 is 1.12 bits per heavy atom. The lowest BCUT2D eigenvalue weighted by Crippen LogP contribution is -2.22. The largest absolute Gasteiger partial charge is 0.316 e. The second-order valence-corrected chi connectivity index (χ2v) is 7.01. The van der Waals surface area contributed by atoms with Crippen molar-refractivity contribution in [1.82, 2.24) is 5.32 Å². The lowest BCUT2D eigenvalue weighted by molar-refractivity contribution is 0.626. The minimum atomic E-state index is -0.164. The smallest absolute Gasteiger partial charge is 0.123 e. The predicted octanol–water partition coefficient (Wildman–Crippen LogP) is 3.49. The van der Waals surface area contributed by atoms with Gasteiger partial charge >= 0.3 is 0 Å². The van der Waals surface area contributed by atoms with E-state index in [1.165, 1.54) is 17.7 Å². The van der Waals surface area contributed by atoms with Crippen molar-refractivity contribution in [1.29, 1.82) is 0 Å². The van der Waals surface area contributed by atoms with E-state index in [9.17, 15) is 4.39 Å². The van der Waals surface area contributed by atoms with Crippen LogP contribution in [0.2, 0.25) is 0 Å². The van der Waals surface area contributed by atoms with E-state index in [1.807, 2.05) is 23.9 Å². The van der Waals surface area contributed by atoms with Crippen LogP contribution >= 0.6 is 11.8 Å². The third kappa shape index (κ3) is 7.40. The summed E-state index contributed by atoms with van der Waals surface area (Å²) in [5.41, 5.74) is 1.18. The molecule has 0 aliphatic carbocycles. The molecule has 0 radical (unpaired) electrons. The highest BCUT2D eigenvalue weighted by Crippen LogP contribution is 2.21. The average molecular weight is 255 g/mol. The molecule has 1 N–H and O–H groups in total. The molecular formula is C14H22FNS. The summed E-state index contributed by atoms with van der Waals surface area (Å²) in [7, 11) is 0. The van der Waals surface area contributed by atoms with Gasteiger partial charge in [-0.2, -0.15) is 11.8 Å². The Balaban J connectivity index is 2.07. The van der Waals surface area contributed by atoms with Crippen LogP contribution in [0.1, 0.15) is 26.3 Å². The first-order valence-electron chi connectivity index (χ1n) is 6.06. The van der Waals surface area contributed by atoms with E-state index >= 15 is 0 Å². The summed E-state index contributed by atoms with van der Waals surface area (Å²) in [4.78, 5) is 0. The molecule has 0 atom stereocenters. The third-order valence-corrected chi connectivity index (χ3v) is 3.59. The molecule has 0 bridgehead atoms. The van der Waals surface area contributed by atoms with Gasteiger partial charge < -0.3 is 5.32 Å². The third-order valence-electron chi connectivity index (χ3n) is 2.32. The zero-order valence-electron chi connectivity index (χ0n) is 10.9. The van der Waals surface area contributed by atoms with Crippen molar-refractivity contribution in [3.05, 3.63) is 35.6 Å². The Hall–Kier alpha value is -0.540. The number of nitrogens with one attached hydrogen (secondary N) is 1. The highest BCUT2D eigenvalue weighted by atomic mass is 32.2. The van der Waals surface area contributed by atoms with E-state index in [0.29, 0.717) is 4.75 Å². The van der Waals surface area contributed by atoms with Crippen LogP contribution in [0.5, 0.6) is 0 Å². The summed E-state index contributed by atoms with van der Waals surface area (Å²) in [6, 6.07) is 6.73. The highest BCUT2D eigenvalue weighted by molar-refractivity contribution is 8.00. The zero-order valence-corrected chi connectivity index (χ0v) is 11.7. The number of benzene rings is 1. The summed E-state index contributed by atoms with van der Waals surface area (Å²) in [6.07, 6.45) is 0.959. The molecule has 0 amide bonds. The van der Waals surface area contributed by atoms with Crippen molar-refractivity contribution in [3.8, 4) is 0 Å². The molecule has 0 saturated heterocycles. The van der Waals surface area contributed by atoms with Crippen molar-refractivity contribution >= 4 is 11.8 Å². The lowest BCUT2D eigenvalue weighted by atomic mass is 10.1. The maximum absolute atomic E-state index is 12.7. The van der Waals surface area contributed by atoms with Gasteiger partial charge in [0.15, 0.2) is 0 Å². The van der Waals surface area contributed by atoms with Crippen LogP contribution in [-0.4, -0.2) is 23.6 Å². The summed E-state index contributed by atoms with van der Waals surface area (Å²) in [5.74, 6) is 0.968. The molecule has 1 rings (SSSR count). The fourth-order valence-electron chi connectivity index (χ4n) is 1.44. The van der Waals surface area contributed by atoms with E-state index in [0.717, 1.165) is 25.3 Å². The number of hydrogen-bond acceptors (Lipinski definition) is 2. The van der Waals surface area contributed by atoms with E-state index in [1.54, 1.807) is 0 Å². The van der Waals surface area contributed by atoms with Gasteiger partial charge in [-0.05, 0) is 30.7 Å². The van der Waals surface area contributed by atoms with Gasteiger partial charge in [-0.3, -0.25) is 0 Å². The molecule has 0 aliphatic heterocycles. The van der Waals surface area contributed by atoms with E-state index < -0.39 is 0 Å². The first-order chi connectivity index (χ1) is 7.97. The first-order valence-corrected chi connectivity index (χ1v) is 7.05. The second-order valence-electron chi connectivity index (χ2n) is 5.09. The Labute approximate surface area is 108 Å². The molecule has 3 heteroatoms. The summed E-state index contributed by atoms with van der Waals surface area (Å²) in [5, 5.41) is 3.41. The molecule has 1 aromatic carbocycles. The van der Waals surface area contributed by atoms with Gasteiger partial charge in [-0.15, -0.1) is 0 Å². The normalized spacial score (nSPS) is 11.8. The number of thioether (sulfide) groups is 1. The lowest BCUT2D eigenvalue weighted by Gasteiger charge is -2.17. The minimum absolute atomic E-state index is 0.164. The van der Waals surface area contributed by atoms with Gasteiger partial charge in [0, 0.05) is 17.0 Å². The fraction of sp³-hybridized carbons (Fsp3) is 0.571. The molecule has 1 aromatic rings. The fourth-order valence-corrected chi connectivity index (χ4v) is 2.30. The standard InChI is InChI=1S/C14H22FNS/c1-14(2,3)17-11-10-16-9-8-12-4-6-13(15)7-5-12/h4-7,16H,8-11H2,1-3H3. The van der Waals surface area contributed by atoms with E-state index in [-0.39, 0.29) is 5.82 Å². The van der Waals surface area contributed by atoms with Crippen LogP contribution in [-0.2, 0) is 6.42 Å². The van der Waals surface area contributed by atoms with Crippen molar-refractivity contribution in [2.45, 2.75) is 31.9 Å². The highest BCUT2D eigenvalue weighted by Gasteiger charge is 2.08. The molecule has 0 aliphatic rings. The first kappa shape index (κ1) is 14.5. The molecule has 0 spiro atoms. The average Bonchev–Trinajstić information content (AvgIpc) is 2.24. The van der Waals surface area contributed by atoms with Crippen molar-refractivity contribution < 1.29 is 4.39 Å². The molecule has 0 unspecified atom stereocenters. The maximum atomic E-state index is 12.7. The number of halogens is 1. The van der Waals surface area contributed by atoms with Crippen molar-refractivity contribution in [3.63, 3.8) is 0 Å². The van der Waals surface area contributed by atoms with Gasteiger partial charge in [0.25, 0.3) is 0 Å². The quantitative estimate of drug-likeness (QED) is 0.781. The van der Waals surface area contributed by atoms with Crippen LogP contribution in [0.4, 0.5) is 4.39 Å². The summed E-state index contributed by atoms with van der Waals surface area (Å²) < 4.78 is 13.0. The molecule has 0 heterocycles. The Morgan fingerprint density at radius 2 is 1.76 bits per heavy atom. The van der Waals surface area contributed by atoms with Crippen molar-refractivity contribution in [2.75, 3.05) is 18.8 Å². The molecule has 0 saturated carbocycles. The molecule has 17 heavy (non-hydrogen) atoms. The van der Waals surface area contributed by atoms with Gasteiger partial charge in [-0.25, -0.2) is 4.39 Å². The molecule has 0 fully saturated rings. The van der Waals surface area contributed by atoms with E-state index in [4.69, 9.17) is 0 Å². The Kier molecular flexibility index (Phi) is 6.00. The molecule has 0 aromatic heterocycles. The van der Waals surface area contributed by atoms with Gasteiger partial charge in [0.05, 0.1) is 0 Å². The number of rotatable bonds is 6. The van der Waals surface area contributed by atoms with Gasteiger partial charge in [-0.1, -0.05) is 32.9 Å². The van der Waals surface area contributed by atoms with E-state index in [2.05, 4.69) is 26.1 Å². The van der Waals surface area contributed by atoms with Crippen LogP contribution < -0.4 is 5.32 Å². The van der Waals surface area contributed by atoms with Crippen molar-refractivity contribution in [2.24, 2.45) is 0 Å². The molecular weight excluding hydrogens is 233 g/mol. The monoisotopic (exact) mass is 255 g/mol. The van der Waals surface area contributed by atoms with Crippen LogP contribution in [0.25, 0.3) is 0 Å². The maximum Gasteiger partial charge on any atom is 0.123 e. The Bertz CT molecular complexity index is 316. The number of hydrogen-bond donors (Lipinski definition) is 1. The summed E-state index contributed by atoms with van der Waals surface area (Å²) in [6.45, 7) is 8.68. The SMILES string of the molecule is CC(C)(C)SCCNCCc1ccc(F)cc1. The molecule has 96 valence electrons. The molecule has 1 nitrogen and oxygen atoms in total. The van der Waals surface area contributed by atoms with Crippen LogP contribution in [0.3, 0.4) is 0 Å².